The lowest BCUT2D eigenvalue weighted by molar-refractivity contribution is -0.0680. The zero-order valence-corrected chi connectivity index (χ0v) is 18.4. The summed E-state index contributed by atoms with van der Waals surface area (Å²) < 4.78 is 0. The van der Waals surface area contributed by atoms with Crippen molar-refractivity contribution in [3.05, 3.63) is 47.5 Å². The fourth-order valence-electron chi connectivity index (χ4n) is 8.43. The van der Waals surface area contributed by atoms with Gasteiger partial charge in [0.15, 0.2) is 0 Å². The molecule has 5 rings (SSSR count). The molecule has 0 amide bonds. The van der Waals surface area contributed by atoms with Gasteiger partial charge in [0, 0.05) is 5.54 Å². The lowest BCUT2D eigenvalue weighted by Crippen LogP contribution is -2.66. The van der Waals surface area contributed by atoms with E-state index in [4.69, 9.17) is 5.73 Å². The van der Waals surface area contributed by atoms with Gasteiger partial charge < -0.3 is 10.8 Å². The highest BCUT2D eigenvalue weighted by atomic mass is 16.3. The van der Waals surface area contributed by atoms with E-state index in [1.54, 1.807) is 0 Å². The topological polar surface area (TPSA) is 46.2 Å². The lowest BCUT2D eigenvalue weighted by atomic mass is 9.44. The summed E-state index contributed by atoms with van der Waals surface area (Å²) in [5, 5.41) is 10.2. The van der Waals surface area contributed by atoms with Crippen molar-refractivity contribution in [1.29, 1.82) is 0 Å². The number of fused-ring (bicyclic) bond motifs is 5. The number of aliphatic hydroxyl groups is 1. The summed E-state index contributed by atoms with van der Waals surface area (Å²) in [5.74, 6) is 2.05. The van der Waals surface area contributed by atoms with Gasteiger partial charge in [-0.3, -0.25) is 0 Å². The predicted molar refractivity (Wildman–Crippen MR) is 119 cm³/mol. The van der Waals surface area contributed by atoms with Crippen molar-refractivity contribution in [2.24, 2.45) is 34.3 Å². The second kappa shape index (κ2) is 6.95. The number of hydrogen-bond acceptors (Lipinski definition) is 2. The Kier molecular flexibility index (Phi) is 4.75. The average molecular weight is 394 g/mol. The van der Waals surface area contributed by atoms with E-state index in [9.17, 15) is 5.11 Å². The Morgan fingerprint density at radius 2 is 1.79 bits per heavy atom. The van der Waals surface area contributed by atoms with Crippen LogP contribution in [-0.4, -0.2) is 16.7 Å². The molecule has 4 aliphatic carbocycles. The first-order valence-corrected chi connectivity index (χ1v) is 12.1. The fraction of sp³-hybridized carbons (Fsp3) is 0.704. The van der Waals surface area contributed by atoms with E-state index in [0.29, 0.717) is 17.3 Å². The highest BCUT2D eigenvalue weighted by molar-refractivity contribution is 5.30. The maximum atomic E-state index is 10.2. The Balaban J connectivity index is 1.39. The van der Waals surface area contributed by atoms with E-state index in [2.05, 4.69) is 50.3 Å². The van der Waals surface area contributed by atoms with Gasteiger partial charge in [0.25, 0.3) is 0 Å². The Hall–Kier alpha value is -1.12. The molecule has 158 valence electrons. The van der Waals surface area contributed by atoms with Crippen molar-refractivity contribution in [3.63, 3.8) is 0 Å². The van der Waals surface area contributed by atoms with E-state index < -0.39 is 0 Å². The Morgan fingerprint density at radius 1 is 1.00 bits per heavy atom. The predicted octanol–water partition coefficient (Wildman–Crippen LogP) is 5.64. The van der Waals surface area contributed by atoms with Crippen LogP contribution in [0.5, 0.6) is 0 Å². The van der Waals surface area contributed by atoms with Gasteiger partial charge in [-0.15, -0.1) is 0 Å². The van der Waals surface area contributed by atoms with Crippen LogP contribution in [0.4, 0.5) is 0 Å². The summed E-state index contributed by atoms with van der Waals surface area (Å²) in [4.78, 5) is 0. The van der Waals surface area contributed by atoms with Crippen LogP contribution in [0.2, 0.25) is 0 Å². The highest BCUT2D eigenvalue weighted by Crippen LogP contribution is 2.67. The molecule has 0 spiro atoms. The Bertz CT molecular complexity index is 787. The standard InChI is InChI=1S/C27H39NO/c1-25-16-14-24-26(2)15-13-22(29)18-21(26)12-17-27(24,28)23(25)11-10-20(25)9-8-19-6-4-3-5-7-19/h3-7,12,20,22-24,29H,8-11,13-18,28H2,1-2H3. The molecule has 0 aromatic heterocycles. The summed E-state index contributed by atoms with van der Waals surface area (Å²) in [6, 6.07) is 11.0. The van der Waals surface area contributed by atoms with Crippen LogP contribution in [0.3, 0.4) is 0 Å². The van der Waals surface area contributed by atoms with Crippen molar-refractivity contribution in [1.82, 2.24) is 0 Å². The molecule has 2 heteroatoms. The minimum absolute atomic E-state index is 0.0466. The minimum Gasteiger partial charge on any atom is -0.393 e. The fourth-order valence-corrected chi connectivity index (χ4v) is 8.43. The van der Waals surface area contributed by atoms with Crippen LogP contribution in [-0.2, 0) is 6.42 Å². The normalized spacial score (nSPS) is 46.4. The quantitative estimate of drug-likeness (QED) is 0.653. The molecule has 0 aliphatic heterocycles. The Morgan fingerprint density at radius 3 is 2.59 bits per heavy atom. The van der Waals surface area contributed by atoms with Crippen molar-refractivity contribution in [2.75, 3.05) is 0 Å². The molecule has 3 fully saturated rings. The van der Waals surface area contributed by atoms with Gasteiger partial charge in [0.1, 0.15) is 0 Å². The second-order valence-corrected chi connectivity index (χ2v) is 11.3. The average Bonchev–Trinajstić information content (AvgIpc) is 3.05. The van der Waals surface area contributed by atoms with Crippen LogP contribution in [0.15, 0.2) is 42.0 Å². The number of benzene rings is 1. The molecule has 0 radical (unpaired) electrons. The number of aliphatic hydroxyl groups excluding tert-OH is 1. The summed E-state index contributed by atoms with van der Waals surface area (Å²) in [5.41, 5.74) is 11.0. The smallest absolute Gasteiger partial charge is 0.0577 e. The molecule has 7 atom stereocenters. The zero-order chi connectivity index (χ0) is 20.3. The van der Waals surface area contributed by atoms with Crippen LogP contribution < -0.4 is 5.73 Å². The van der Waals surface area contributed by atoms with Gasteiger partial charge in [0.05, 0.1) is 6.10 Å². The molecule has 0 heterocycles. The summed E-state index contributed by atoms with van der Waals surface area (Å²) in [6.07, 6.45) is 14.1. The summed E-state index contributed by atoms with van der Waals surface area (Å²) >= 11 is 0. The van der Waals surface area contributed by atoms with Crippen LogP contribution in [0.1, 0.15) is 77.2 Å². The maximum absolute atomic E-state index is 10.2. The van der Waals surface area contributed by atoms with E-state index in [1.165, 1.54) is 49.7 Å². The van der Waals surface area contributed by atoms with Crippen LogP contribution in [0, 0.1) is 28.6 Å². The van der Waals surface area contributed by atoms with Crippen molar-refractivity contribution in [3.8, 4) is 0 Å². The molecular formula is C27H39NO. The van der Waals surface area contributed by atoms with E-state index in [0.717, 1.165) is 31.6 Å². The zero-order valence-electron chi connectivity index (χ0n) is 18.4. The van der Waals surface area contributed by atoms with Crippen molar-refractivity contribution in [2.45, 2.75) is 89.7 Å². The molecule has 2 nitrogen and oxygen atoms in total. The van der Waals surface area contributed by atoms with Gasteiger partial charge in [-0.05, 0) is 98.4 Å². The number of hydrogen-bond donors (Lipinski definition) is 2. The molecule has 0 saturated heterocycles. The molecule has 3 saturated carbocycles. The van der Waals surface area contributed by atoms with E-state index in [-0.39, 0.29) is 17.1 Å². The van der Waals surface area contributed by atoms with E-state index >= 15 is 0 Å². The summed E-state index contributed by atoms with van der Waals surface area (Å²) in [7, 11) is 0. The third-order valence-corrected chi connectivity index (χ3v) is 10.1. The summed E-state index contributed by atoms with van der Waals surface area (Å²) in [6.45, 7) is 5.05. The molecule has 3 N–H and O–H groups in total. The monoisotopic (exact) mass is 393 g/mol. The molecule has 7 unspecified atom stereocenters. The van der Waals surface area contributed by atoms with E-state index in [1.807, 2.05) is 0 Å². The SMILES string of the molecule is CC12CCC(O)CC1=CCC1(N)C2CCC2(C)C(CCc3ccccc3)CCC21. The van der Waals surface area contributed by atoms with Crippen molar-refractivity contribution < 1.29 is 5.11 Å². The first-order chi connectivity index (χ1) is 13.9. The van der Waals surface area contributed by atoms with Crippen LogP contribution in [0.25, 0.3) is 0 Å². The minimum atomic E-state index is -0.137. The first-order valence-electron chi connectivity index (χ1n) is 12.1. The molecule has 1 aromatic rings. The molecular weight excluding hydrogens is 354 g/mol. The molecule has 29 heavy (non-hydrogen) atoms. The van der Waals surface area contributed by atoms with Gasteiger partial charge in [-0.2, -0.15) is 0 Å². The van der Waals surface area contributed by atoms with Gasteiger partial charge in [0.2, 0.25) is 0 Å². The van der Waals surface area contributed by atoms with Crippen molar-refractivity contribution >= 4 is 0 Å². The number of nitrogens with two attached hydrogens (primary N) is 1. The maximum Gasteiger partial charge on any atom is 0.0577 e. The largest absolute Gasteiger partial charge is 0.393 e. The van der Waals surface area contributed by atoms with Gasteiger partial charge in [-0.1, -0.05) is 55.8 Å². The number of aryl methyl sites for hydroxylation is 1. The number of rotatable bonds is 3. The Labute approximate surface area is 177 Å². The van der Waals surface area contributed by atoms with Gasteiger partial charge in [-0.25, -0.2) is 0 Å². The highest BCUT2D eigenvalue weighted by Gasteiger charge is 2.63. The second-order valence-electron chi connectivity index (χ2n) is 11.3. The third kappa shape index (κ3) is 2.97. The first kappa shape index (κ1) is 19.8. The lowest BCUT2D eigenvalue weighted by Gasteiger charge is -2.63. The van der Waals surface area contributed by atoms with Crippen LogP contribution >= 0.6 is 0 Å². The molecule has 1 aromatic carbocycles. The molecule has 4 aliphatic rings. The molecule has 0 bridgehead atoms. The van der Waals surface area contributed by atoms with Gasteiger partial charge >= 0.3 is 0 Å². The third-order valence-electron chi connectivity index (χ3n) is 10.1.